The van der Waals surface area contributed by atoms with E-state index in [0.717, 1.165) is 12.8 Å². The molecule has 1 aliphatic rings. The monoisotopic (exact) mass is 331 g/mol. The second-order valence-corrected chi connectivity index (χ2v) is 7.75. The lowest BCUT2D eigenvalue weighted by Gasteiger charge is -2.30. The van der Waals surface area contributed by atoms with Crippen molar-refractivity contribution in [3.05, 3.63) is 11.6 Å². The minimum absolute atomic E-state index is 0.00567. The Morgan fingerprint density at radius 2 is 2.38 bits per heavy atom. The smallest absolute Gasteiger partial charge is 0.262 e. The molecule has 8 nitrogen and oxygen atoms in total. The maximum Gasteiger partial charge on any atom is 0.262 e. The molecule has 0 amide bonds. The lowest BCUT2D eigenvalue weighted by molar-refractivity contribution is 0.165. The van der Waals surface area contributed by atoms with Gasteiger partial charge in [-0.15, -0.1) is 11.3 Å². The second kappa shape index (κ2) is 5.54. The van der Waals surface area contributed by atoms with Crippen molar-refractivity contribution in [2.75, 3.05) is 25.1 Å². The number of hydrazine groups is 1. The van der Waals surface area contributed by atoms with E-state index in [9.17, 15) is 13.5 Å². The summed E-state index contributed by atoms with van der Waals surface area (Å²) in [5.41, 5.74) is 2.36. The molecular weight excluding hydrogens is 314 g/mol. The zero-order valence-corrected chi connectivity index (χ0v) is 12.9. The summed E-state index contributed by atoms with van der Waals surface area (Å²) in [4.78, 5) is 4.75. The predicted octanol–water partition coefficient (Wildman–Crippen LogP) is 0.0744. The second-order valence-electron chi connectivity index (χ2n) is 5.02. The Bertz CT molecular complexity index is 738. The van der Waals surface area contributed by atoms with E-state index in [1.807, 2.05) is 0 Å². The van der Waals surface area contributed by atoms with Gasteiger partial charge in [-0.3, -0.25) is 4.40 Å². The average molecular weight is 331 g/mol. The van der Waals surface area contributed by atoms with Crippen molar-refractivity contribution in [3.63, 3.8) is 0 Å². The molecule has 10 heteroatoms. The van der Waals surface area contributed by atoms with Gasteiger partial charge in [0, 0.05) is 31.3 Å². The van der Waals surface area contributed by atoms with Crippen LogP contribution in [0.15, 0.2) is 16.6 Å². The number of nitrogens with two attached hydrogens (primary N) is 1. The number of thiazole rings is 1. The summed E-state index contributed by atoms with van der Waals surface area (Å²) >= 11 is 1.34. The van der Waals surface area contributed by atoms with E-state index in [0.29, 0.717) is 18.1 Å². The third-order valence-corrected chi connectivity index (χ3v) is 6.33. The highest BCUT2D eigenvalue weighted by Gasteiger charge is 2.34. The zero-order chi connectivity index (χ0) is 15.0. The Morgan fingerprint density at radius 1 is 1.57 bits per heavy atom. The van der Waals surface area contributed by atoms with Crippen LogP contribution in [-0.4, -0.2) is 46.9 Å². The van der Waals surface area contributed by atoms with Crippen LogP contribution in [0.1, 0.15) is 12.8 Å². The van der Waals surface area contributed by atoms with E-state index in [2.05, 4.69) is 10.4 Å². The molecule has 4 N–H and O–H groups in total. The number of nitrogen functional groups attached to an aromatic ring is 1. The Kier molecular flexibility index (Phi) is 3.88. The highest BCUT2D eigenvalue weighted by molar-refractivity contribution is 7.89. The third-order valence-electron chi connectivity index (χ3n) is 3.68. The van der Waals surface area contributed by atoms with Gasteiger partial charge < -0.3 is 10.5 Å². The molecule has 116 valence electrons. The van der Waals surface area contributed by atoms with Crippen LogP contribution in [0.5, 0.6) is 0 Å². The van der Waals surface area contributed by atoms with Gasteiger partial charge in [-0.25, -0.2) is 14.3 Å². The lowest BCUT2D eigenvalue weighted by atomic mass is 10.0. The van der Waals surface area contributed by atoms with Crippen LogP contribution in [0.2, 0.25) is 0 Å². The molecule has 0 aromatic carbocycles. The minimum atomic E-state index is -3.71. The van der Waals surface area contributed by atoms with Gasteiger partial charge in [0.2, 0.25) is 5.03 Å². The first-order valence-corrected chi connectivity index (χ1v) is 8.93. The number of aromatic nitrogens is 2. The summed E-state index contributed by atoms with van der Waals surface area (Å²) in [6, 6.07) is 0. The van der Waals surface area contributed by atoms with Crippen LogP contribution in [0, 0.1) is 5.92 Å². The SMILES string of the molecule is NNc1nc2sccn2c1S(=O)(=O)N1CCCC(CO)C1. The minimum Gasteiger partial charge on any atom is -0.396 e. The van der Waals surface area contributed by atoms with Crippen LogP contribution < -0.4 is 11.3 Å². The first-order valence-electron chi connectivity index (χ1n) is 6.61. The van der Waals surface area contributed by atoms with E-state index in [-0.39, 0.29) is 23.4 Å². The molecule has 3 heterocycles. The number of nitrogens with one attached hydrogen (secondary N) is 1. The molecule has 1 fully saturated rings. The highest BCUT2D eigenvalue weighted by atomic mass is 32.2. The number of hydrogen-bond acceptors (Lipinski definition) is 7. The number of aliphatic hydroxyl groups excluding tert-OH is 1. The average Bonchev–Trinajstić information content (AvgIpc) is 3.06. The molecule has 2 aromatic heterocycles. The van der Waals surface area contributed by atoms with Crippen molar-refractivity contribution in [1.29, 1.82) is 0 Å². The largest absolute Gasteiger partial charge is 0.396 e. The van der Waals surface area contributed by atoms with Gasteiger partial charge >= 0.3 is 0 Å². The number of fused-ring (bicyclic) bond motifs is 1. The number of sulfonamides is 1. The van der Waals surface area contributed by atoms with Gasteiger partial charge in [0.15, 0.2) is 10.8 Å². The molecule has 0 radical (unpaired) electrons. The van der Waals surface area contributed by atoms with E-state index in [1.54, 1.807) is 11.6 Å². The molecule has 0 spiro atoms. The number of anilines is 1. The van der Waals surface area contributed by atoms with Crippen molar-refractivity contribution in [2.45, 2.75) is 17.9 Å². The molecule has 1 atom stereocenters. The standard InChI is InChI=1S/C11H17N5O3S2/c12-14-9-10(16-4-5-20-11(16)13-9)21(18,19)15-3-1-2-8(6-15)7-17/h4-5,8,14,17H,1-3,6-7,12H2. The highest BCUT2D eigenvalue weighted by Crippen LogP contribution is 2.30. The fourth-order valence-corrected chi connectivity index (χ4v) is 5.16. The van der Waals surface area contributed by atoms with E-state index < -0.39 is 10.0 Å². The Morgan fingerprint density at radius 3 is 3.10 bits per heavy atom. The van der Waals surface area contributed by atoms with Gasteiger partial charge in [0.05, 0.1) is 0 Å². The summed E-state index contributed by atoms with van der Waals surface area (Å²) in [5, 5.41) is 11.1. The number of nitrogens with zero attached hydrogens (tertiary/aromatic N) is 3. The van der Waals surface area contributed by atoms with Gasteiger partial charge in [0.25, 0.3) is 10.0 Å². The normalized spacial score (nSPS) is 21.0. The van der Waals surface area contributed by atoms with Crippen LogP contribution in [0.3, 0.4) is 0 Å². The summed E-state index contributed by atoms with van der Waals surface area (Å²) in [6.45, 7) is 0.759. The predicted molar refractivity (Wildman–Crippen MR) is 79.4 cm³/mol. The molecule has 1 saturated heterocycles. The molecule has 21 heavy (non-hydrogen) atoms. The van der Waals surface area contributed by atoms with Crippen LogP contribution >= 0.6 is 11.3 Å². The van der Waals surface area contributed by atoms with Gasteiger partial charge in [-0.2, -0.15) is 9.29 Å². The van der Waals surface area contributed by atoms with Gasteiger partial charge in [-0.1, -0.05) is 0 Å². The Balaban J connectivity index is 2.05. The summed E-state index contributed by atoms with van der Waals surface area (Å²) in [6.07, 6.45) is 3.24. The molecule has 0 aliphatic carbocycles. The maximum absolute atomic E-state index is 12.9. The first-order chi connectivity index (χ1) is 10.1. The Labute approximate surface area is 126 Å². The van der Waals surface area contributed by atoms with E-state index in [4.69, 9.17) is 5.84 Å². The van der Waals surface area contributed by atoms with Gasteiger partial charge in [0.1, 0.15) is 0 Å². The zero-order valence-electron chi connectivity index (χ0n) is 11.3. The Hall–Kier alpha value is -1.20. The maximum atomic E-state index is 12.9. The molecule has 1 aliphatic heterocycles. The van der Waals surface area contributed by atoms with Crippen molar-refractivity contribution in [1.82, 2.24) is 13.7 Å². The molecule has 1 unspecified atom stereocenters. The van der Waals surface area contributed by atoms with Crippen molar-refractivity contribution < 1.29 is 13.5 Å². The van der Waals surface area contributed by atoms with Crippen LogP contribution in [0.25, 0.3) is 4.96 Å². The lowest BCUT2D eigenvalue weighted by Crippen LogP contribution is -2.41. The molecule has 0 bridgehead atoms. The van der Waals surface area contributed by atoms with Crippen LogP contribution in [0.4, 0.5) is 5.82 Å². The summed E-state index contributed by atoms with van der Waals surface area (Å²) in [5.74, 6) is 5.54. The summed E-state index contributed by atoms with van der Waals surface area (Å²) < 4.78 is 28.7. The number of aliphatic hydroxyl groups is 1. The molecule has 2 aromatic rings. The van der Waals surface area contributed by atoms with Crippen molar-refractivity contribution in [2.24, 2.45) is 11.8 Å². The topological polar surface area (TPSA) is 113 Å². The number of rotatable bonds is 4. The number of hydrogen-bond donors (Lipinski definition) is 3. The van der Waals surface area contributed by atoms with Crippen molar-refractivity contribution in [3.8, 4) is 0 Å². The fraction of sp³-hybridized carbons (Fsp3) is 0.545. The van der Waals surface area contributed by atoms with Crippen molar-refractivity contribution >= 4 is 32.1 Å². The van der Waals surface area contributed by atoms with E-state index in [1.165, 1.54) is 20.0 Å². The molecular formula is C11H17N5O3S2. The van der Waals surface area contributed by atoms with E-state index >= 15 is 0 Å². The summed E-state index contributed by atoms with van der Waals surface area (Å²) in [7, 11) is -3.71. The van der Waals surface area contributed by atoms with Gasteiger partial charge in [-0.05, 0) is 18.8 Å². The number of piperidine rings is 1. The third kappa shape index (κ3) is 2.42. The quantitative estimate of drug-likeness (QED) is 0.540. The first kappa shape index (κ1) is 14.7. The fourth-order valence-electron chi connectivity index (χ4n) is 2.62. The number of imidazole rings is 1. The van der Waals surface area contributed by atoms with Crippen LogP contribution in [-0.2, 0) is 10.0 Å². The molecule has 0 saturated carbocycles. The molecule has 3 rings (SSSR count).